The van der Waals surface area contributed by atoms with Crippen LogP contribution in [-0.4, -0.2) is 12.0 Å². The molecule has 2 N–H and O–H groups in total. The molecular weight excluding hydrogens is 254 g/mol. The fourth-order valence-corrected chi connectivity index (χ4v) is 1.51. The summed E-state index contributed by atoms with van der Waals surface area (Å²) >= 11 is 4.96. The number of halogens is 1. The molecule has 0 unspecified atom stereocenters. The van der Waals surface area contributed by atoms with Crippen molar-refractivity contribution in [2.75, 3.05) is 6.79 Å². The topological polar surface area (TPSA) is 61.6 Å². The first-order valence-corrected chi connectivity index (χ1v) is 5.83. The summed E-state index contributed by atoms with van der Waals surface area (Å²) in [4.78, 5) is 9.94. The first kappa shape index (κ1) is 14.5. The summed E-state index contributed by atoms with van der Waals surface area (Å²) in [5.41, 5.74) is 7.44. The van der Waals surface area contributed by atoms with Gasteiger partial charge in [-0.3, -0.25) is 4.79 Å². The standard InChI is InChI=1S/C8H9NO2.C5H7ClO/c9-4-6-1-2-7-8(3-6)11-5-10-7;1-4(2)3-5(6)7/h1-3H,4-5,9H2;3H,1-2H3. The van der Waals surface area contributed by atoms with Crippen LogP contribution in [-0.2, 0) is 11.3 Å². The second-order valence-electron chi connectivity index (χ2n) is 3.92. The Hall–Kier alpha value is -1.52. The van der Waals surface area contributed by atoms with E-state index in [9.17, 15) is 4.79 Å². The summed E-state index contributed by atoms with van der Waals surface area (Å²) in [5, 5.41) is -0.403. The number of fused-ring (bicyclic) bond motifs is 1. The van der Waals surface area contributed by atoms with Crippen LogP contribution in [0.2, 0.25) is 0 Å². The van der Waals surface area contributed by atoms with Gasteiger partial charge in [0.1, 0.15) is 0 Å². The Morgan fingerprint density at radius 3 is 2.56 bits per heavy atom. The molecule has 1 aliphatic rings. The number of ether oxygens (including phenoxy) is 2. The lowest BCUT2D eigenvalue weighted by Crippen LogP contribution is -1.95. The van der Waals surface area contributed by atoms with Gasteiger partial charge in [0.25, 0.3) is 0 Å². The third-order valence-electron chi connectivity index (χ3n) is 2.07. The molecule has 0 aliphatic carbocycles. The van der Waals surface area contributed by atoms with Gasteiger partial charge in [0.2, 0.25) is 12.0 Å². The van der Waals surface area contributed by atoms with Gasteiger partial charge < -0.3 is 15.2 Å². The Bertz CT molecular complexity index is 454. The third-order valence-corrected chi connectivity index (χ3v) is 2.18. The Balaban J connectivity index is 0.000000203. The lowest BCUT2D eigenvalue weighted by atomic mass is 10.2. The maximum Gasteiger partial charge on any atom is 0.245 e. The first-order valence-electron chi connectivity index (χ1n) is 5.46. The van der Waals surface area contributed by atoms with Crippen LogP contribution in [0, 0.1) is 0 Å². The van der Waals surface area contributed by atoms with Gasteiger partial charge in [-0.15, -0.1) is 0 Å². The predicted molar refractivity (Wildman–Crippen MR) is 70.7 cm³/mol. The van der Waals surface area contributed by atoms with E-state index in [4.69, 9.17) is 26.8 Å². The smallest absolute Gasteiger partial charge is 0.245 e. The van der Waals surface area contributed by atoms with Crippen molar-refractivity contribution in [3.8, 4) is 11.5 Å². The van der Waals surface area contributed by atoms with Gasteiger partial charge >= 0.3 is 0 Å². The summed E-state index contributed by atoms with van der Waals surface area (Å²) in [7, 11) is 0. The van der Waals surface area contributed by atoms with Gasteiger partial charge in [-0.2, -0.15) is 0 Å². The number of rotatable bonds is 2. The average Bonchev–Trinajstić information content (AvgIpc) is 2.74. The maximum atomic E-state index is 9.94. The number of carbonyl (C=O) groups excluding carboxylic acids is 1. The van der Waals surface area contributed by atoms with E-state index in [1.807, 2.05) is 32.0 Å². The zero-order valence-electron chi connectivity index (χ0n) is 10.4. The van der Waals surface area contributed by atoms with E-state index in [0.29, 0.717) is 13.3 Å². The molecule has 0 spiro atoms. The number of hydrogen-bond acceptors (Lipinski definition) is 4. The van der Waals surface area contributed by atoms with Gasteiger partial charge in [0, 0.05) is 6.54 Å². The highest BCUT2D eigenvalue weighted by Crippen LogP contribution is 2.32. The minimum atomic E-state index is -0.403. The number of nitrogens with two attached hydrogens (primary N) is 1. The number of benzene rings is 1. The van der Waals surface area contributed by atoms with Crippen molar-refractivity contribution in [2.24, 2.45) is 5.73 Å². The average molecular weight is 270 g/mol. The summed E-state index contributed by atoms with van der Waals surface area (Å²) in [5.74, 6) is 1.61. The largest absolute Gasteiger partial charge is 0.454 e. The summed E-state index contributed by atoms with van der Waals surface area (Å²) in [6, 6.07) is 5.72. The molecule has 0 amide bonds. The third kappa shape index (κ3) is 4.77. The molecule has 0 aromatic heterocycles. The lowest BCUT2D eigenvalue weighted by Gasteiger charge is -1.97. The zero-order valence-corrected chi connectivity index (χ0v) is 11.2. The Morgan fingerprint density at radius 2 is 2.06 bits per heavy atom. The van der Waals surface area contributed by atoms with Crippen molar-refractivity contribution in [2.45, 2.75) is 20.4 Å². The number of carbonyl (C=O) groups is 1. The molecule has 1 aromatic carbocycles. The second-order valence-corrected chi connectivity index (χ2v) is 4.29. The van der Waals surface area contributed by atoms with Crippen molar-refractivity contribution >= 4 is 16.8 Å². The number of allylic oxidation sites excluding steroid dienone is 2. The molecule has 0 bridgehead atoms. The molecule has 1 heterocycles. The molecule has 5 heteroatoms. The summed E-state index contributed by atoms with van der Waals surface area (Å²) in [6.07, 6.45) is 1.38. The van der Waals surface area contributed by atoms with Crippen LogP contribution < -0.4 is 15.2 Å². The fraction of sp³-hybridized carbons (Fsp3) is 0.308. The minimum absolute atomic E-state index is 0.323. The Morgan fingerprint density at radius 1 is 1.39 bits per heavy atom. The van der Waals surface area contributed by atoms with Gasteiger partial charge in [-0.25, -0.2) is 0 Å². The van der Waals surface area contributed by atoms with E-state index in [1.54, 1.807) is 0 Å². The number of hydrogen-bond donors (Lipinski definition) is 1. The van der Waals surface area contributed by atoms with E-state index in [-0.39, 0.29) is 0 Å². The molecule has 0 radical (unpaired) electrons. The van der Waals surface area contributed by atoms with E-state index < -0.39 is 5.24 Å². The minimum Gasteiger partial charge on any atom is -0.454 e. The first-order chi connectivity index (χ1) is 8.52. The van der Waals surface area contributed by atoms with Crippen molar-refractivity contribution in [1.82, 2.24) is 0 Å². The van der Waals surface area contributed by atoms with Crippen LogP contribution >= 0.6 is 11.6 Å². The highest BCUT2D eigenvalue weighted by Gasteiger charge is 2.12. The molecule has 1 aliphatic heterocycles. The van der Waals surface area contributed by atoms with Crippen molar-refractivity contribution in [3.05, 3.63) is 35.4 Å². The quantitative estimate of drug-likeness (QED) is 0.662. The SMILES string of the molecule is CC(C)=CC(=O)Cl.NCc1ccc2c(c1)OCO2. The van der Waals surface area contributed by atoms with Crippen LogP contribution in [0.15, 0.2) is 29.8 Å². The Kier molecular flexibility index (Phi) is 5.68. The van der Waals surface area contributed by atoms with Crippen LogP contribution in [0.1, 0.15) is 19.4 Å². The lowest BCUT2D eigenvalue weighted by molar-refractivity contribution is -0.107. The normalized spacial score (nSPS) is 11.3. The van der Waals surface area contributed by atoms with E-state index in [0.717, 1.165) is 22.6 Å². The monoisotopic (exact) mass is 269 g/mol. The molecule has 4 nitrogen and oxygen atoms in total. The second kappa shape index (κ2) is 7.03. The van der Waals surface area contributed by atoms with Crippen LogP contribution in [0.3, 0.4) is 0 Å². The van der Waals surface area contributed by atoms with E-state index >= 15 is 0 Å². The van der Waals surface area contributed by atoms with Gasteiger partial charge in [-0.05, 0) is 49.2 Å². The van der Waals surface area contributed by atoms with Crippen LogP contribution in [0.25, 0.3) is 0 Å². The predicted octanol–water partition coefficient (Wildman–Crippen LogP) is 2.59. The fourth-order valence-electron chi connectivity index (χ4n) is 1.29. The van der Waals surface area contributed by atoms with Gasteiger partial charge in [0.15, 0.2) is 11.5 Å². The molecule has 2 rings (SSSR count). The van der Waals surface area contributed by atoms with Gasteiger partial charge in [0.05, 0.1) is 0 Å². The molecule has 18 heavy (non-hydrogen) atoms. The highest BCUT2D eigenvalue weighted by atomic mass is 35.5. The summed E-state index contributed by atoms with van der Waals surface area (Å²) < 4.78 is 10.3. The highest BCUT2D eigenvalue weighted by molar-refractivity contribution is 6.66. The molecule has 0 atom stereocenters. The molecule has 0 saturated carbocycles. The maximum absolute atomic E-state index is 9.94. The molecule has 1 aromatic rings. The molecule has 98 valence electrons. The zero-order chi connectivity index (χ0) is 13.5. The van der Waals surface area contributed by atoms with E-state index in [2.05, 4.69) is 0 Å². The van der Waals surface area contributed by atoms with Gasteiger partial charge in [-0.1, -0.05) is 11.6 Å². The van der Waals surface area contributed by atoms with Crippen molar-refractivity contribution in [1.29, 1.82) is 0 Å². The molecular formula is C13H16ClNO3. The van der Waals surface area contributed by atoms with Crippen molar-refractivity contribution in [3.63, 3.8) is 0 Å². The van der Waals surface area contributed by atoms with Crippen LogP contribution in [0.5, 0.6) is 11.5 Å². The molecule has 0 fully saturated rings. The molecule has 0 saturated heterocycles. The van der Waals surface area contributed by atoms with Crippen molar-refractivity contribution < 1.29 is 14.3 Å². The Labute approximate surface area is 111 Å². The van der Waals surface area contributed by atoms with Crippen LogP contribution in [0.4, 0.5) is 0 Å². The summed E-state index contributed by atoms with van der Waals surface area (Å²) in [6.45, 7) is 4.50. The van der Waals surface area contributed by atoms with E-state index in [1.165, 1.54) is 6.08 Å².